The fraction of sp³-hybridized carbons (Fsp3) is 0.250. The maximum absolute atomic E-state index is 12.8. The first-order valence-electron chi connectivity index (χ1n) is 10.1. The molecule has 2 aromatic heterocycles. The summed E-state index contributed by atoms with van der Waals surface area (Å²) in [5.74, 6) is 0.469. The number of esters is 1. The zero-order valence-electron chi connectivity index (χ0n) is 17.7. The van der Waals surface area contributed by atoms with Gasteiger partial charge in [0.15, 0.2) is 0 Å². The molecule has 0 saturated heterocycles. The monoisotopic (exact) mass is 417 g/mol. The average Bonchev–Trinajstić information content (AvgIpc) is 3.09. The average molecular weight is 417 g/mol. The zero-order chi connectivity index (χ0) is 22.0. The highest BCUT2D eigenvalue weighted by Gasteiger charge is 2.29. The Balaban J connectivity index is 1.58. The normalized spacial score (nSPS) is 14.2. The molecule has 3 aromatic rings. The van der Waals surface area contributed by atoms with Gasteiger partial charge in [-0.25, -0.2) is 10.2 Å². The van der Waals surface area contributed by atoms with Crippen molar-refractivity contribution in [3.63, 3.8) is 0 Å². The quantitative estimate of drug-likeness (QED) is 0.388. The highest BCUT2D eigenvalue weighted by atomic mass is 16.5. The predicted octanol–water partition coefficient (Wildman–Crippen LogP) is 4.29. The lowest BCUT2D eigenvalue weighted by atomic mass is 9.93. The molecule has 1 amide bonds. The van der Waals surface area contributed by atoms with Gasteiger partial charge in [-0.15, -0.1) is 0 Å². The standard InChI is InChI=1S/C24H23N3O4/c1-14-11-15(2)13-18(12-14)30-24(29)22-16(3)21-19(5-4-6-20(21)31-22)26-27-23(28)17-7-9-25-10-8-17/h7-13H,4-6H2,1-3H3,(H,27,28)/b26-19+. The van der Waals surface area contributed by atoms with Gasteiger partial charge in [-0.2, -0.15) is 5.10 Å². The first-order chi connectivity index (χ1) is 14.9. The van der Waals surface area contributed by atoms with Crippen LogP contribution < -0.4 is 10.2 Å². The molecule has 31 heavy (non-hydrogen) atoms. The number of hydrazone groups is 1. The number of carbonyl (C=O) groups is 2. The lowest BCUT2D eigenvalue weighted by molar-refractivity contribution is 0.0698. The lowest BCUT2D eigenvalue weighted by Gasteiger charge is -2.13. The van der Waals surface area contributed by atoms with E-state index >= 15 is 0 Å². The van der Waals surface area contributed by atoms with Crippen LogP contribution in [0.1, 0.15) is 61.8 Å². The number of nitrogens with zero attached hydrogens (tertiary/aromatic N) is 2. The molecule has 7 nitrogen and oxygen atoms in total. The van der Waals surface area contributed by atoms with Crippen molar-refractivity contribution < 1.29 is 18.7 Å². The molecular formula is C24H23N3O4. The zero-order valence-corrected chi connectivity index (χ0v) is 17.7. The van der Waals surface area contributed by atoms with Crippen LogP contribution in [-0.2, 0) is 6.42 Å². The van der Waals surface area contributed by atoms with Crippen LogP contribution in [0, 0.1) is 20.8 Å². The molecule has 4 rings (SSSR count). The second-order valence-electron chi connectivity index (χ2n) is 7.66. The third-order valence-corrected chi connectivity index (χ3v) is 5.15. The summed E-state index contributed by atoms with van der Waals surface area (Å²) in [7, 11) is 0. The van der Waals surface area contributed by atoms with E-state index in [1.165, 1.54) is 0 Å². The highest BCUT2D eigenvalue weighted by Crippen LogP contribution is 2.30. The van der Waals surface area contributed by atoms with Gasteiger partial charge in [0, 0.05) is 35.5 Å². The fourth-order valence-corrected chi connectivity index (χ4v) is 3.81. The molecule has 0 saturated carbocycles. The first-order valence-corrected chi connectivity index (χ1v) is 10.1. The molecule has 1 N–H and O–H groups in total. The van der Waals surface area contributed by atoms with E-state index in [-0.39, 0.29) is 11.7 Å². The van der Waals surface area contributed by atoms with E-state index in [0.29, 0.717) is 41.2 Å². The first kappa shape index (κ1) is 20.5. The maximum atomic E-state index is 12.8. The second kappa shape index (κ2) is 8.55. The Morgan fingerprint density at radius 2 is 1.77 bits per heavy atom. The van der Waals surface area contributed by atoms with Crippen molar-refractivity contribution >= 4 is 17.6 Å². The van der Waals surface area contributed by atoms with Gasteiger partial charge < -0.3 is 9.15 Å². The number of pyridine rings is 1. The molecule has 158 valence electrons. The number of aromatic nitrogens is 1. The van der Waals surface area contributed by atoms with Crippen LogP contribution in [0.2, 0.25) is 0 Å². The summed E-state index contributed by atoms with van der Waals surface area (Å²) in [6.07, 6.45) is 5.29. The van der Waals surface area contributed by atoms with Gasteiger partial charge in [0.05, 0.1) is 5.71 Å². The molecule has 0 aliphatic heterocycles. The molecule has 0 atom stereocenters. The molecule has 0 unspecified atom stereocenters. The molecule has 1 aromatic carbocycles. The Morgan fingerprint density at radius 1 is 1.06 bits per heavy atom. The molecule has 2 heterocycles. The van der Waals surface area contributed by atoms with E-state index in [1.54, 1.807) is 24.5 Å². The Morgan fingerprint density at radius 3 is 2.48 bits per heavy atom. The summed E-state index contributed by atoms with van der Waals surface area (Å²) in [5, 5.41) is 4.33. The molecule has 0 fully saturated rings. The van der Waals surface area contributed by atoms with Crippen LogP contribution in [0.3, 0.4) is 0 Å². The summed E-state index contributed by atoms with van der Waals surface area (Å²) >= 11 is 0. The topological polar surface area (TPSA) is 93.8 Å². The van der Waals surface area contributed by atoms with Gasteiger partial charge in [-0.3, -0.25) is 9.78 Å². The van der Waals surface area contributed by atoms with Crippen LogP contribution in [-0.4, -0.2) is 22.6 Å². The molecule has 0 spiro atoms. The number of ether oxygens (including phenoxy) is 1. The van der Waals surface area contributed by atoms with E-state index < -0.39 is 5.97 Å². The Bertz CT molecular complexity index is 1160. The Kier molecular flexibility index (Phi) is 5.66. The van der Waals surface area contributed by atoms with Crippen molar-refractivity contribution in [3.05, 3.63) is 82.1 Å². The largest absolute Gasteiger partial charge is 0.453 e. The van der Waals surface area contributed by atoms with E-state index in [2.05, 4.69) is 15.5 Å². The number of furan rings is 1. The number of rotatable bonds is 4. The smallest absolute Gasteiger partial charge is 0.379 e. The molecule has 7 heteroatoms. The lowest BCUT2D eigenvalue weighted by Crippen LogP contribution is -2.22. The van der Waals surface area contributed by atoms with E-state index in [9.17, 15) is 9.59 Å². The summed E-state index contributed by atoms with van der Waals surface area (Å²) in [6, 6.07) is 8.87. The minimum Gasteiger partial charge on any atom is -0.453 e. The van der Waals surface area contributed by atoms with Crippen molar-refractivity contribution in [3.8, 4) is 5.75 Å². The van der Waals surface area contributed by atoms with Crippen LogP contribution in [0.4, 0.5) is 0 Å². The number of carbonyl (C=O) groups excluding carboxylic acids is 2. The van der Waals surface area contributed by atoms with Crippen molar-refractivity contribution in [1.29, 1.82) is 0 Å². The van der Waals surface area contributed by atoms with Gasteiger partial charge >= 0.3 is 5.97 Å². The Labute approximate surface area is 180 Å². The number of nitrogens with one attached hydrogen (secondary N) is 1. The van der Waals surface area contributed by atoms with Gasteiger partial charge in [0.25, 0.3) is 5.91 Å². The molecular weight excluding hydrogens is 394 g/mol. The van der Waals surface area contributed by atoms with Gasteiger partial charge in [-0.1, -0.05) is 6.07 Å². The number of hydrogen-bond acceptors (Lipinski definition) is 6. The molecule has 1 aliphatic rings. The van der Waals surface area contributed by atoms with Crippen molar-refractivity contribution in [2.75, 3.05) is 0 Å². The van der Waals surface area contributed by atoms with Gasteiger partial charge in [-0.05, 0) is 69.0 Å². The van der Waals surface area contributed by atoms with Crippen LogP contribution in [0.15, 0.2) is 52.2 Å². The van der Waals surface area contributed by atoms with Gasteiger partial charge in [0.1, 0.15) is 11.5 Å². The SMILES string of the molecule is Cc1cc(C)cc(OC(=O)c2oc3c(c2C)/C(=N/NC(=O)c2ccncc2)CCC3)c1. The number of hydrogen-bond donors (Lipinski definition) is 1. The van der Waals surface area contributed by atoms with Crippen molar-refractivity contribution in [2.24, 2.45) is 5.10 Å². The molecule has 0 bridgehead atoms. The van der Waals surface area contributed by atoms with E-state index in [4.69, 9.17) is 9.15 Å². The third kappa shape index (κ3) is 4.40. The fourth-order valence-electron chi connectivity index (χ4n) is 3.81. The van der Waals surface area contributed by atoms with Crippen LogP contribution >= 0.6 is 0 Å². The summed E-state index contributed by atoms with van der Waals surface area (Å²) in [4.78, 5) is 29.0. The Hall–Kier alpha value is -3.74. The summed E-state index contributed by atoms with van der Waals surface area (Å²) < 4.78 is 11.4. The highest BCUT2D eigenvalue weighted by molar-refractivity contribution is 6.06. The number of benzene rings is 1. The maximum Gasteiger partial charge on any atom is 0.379 e. The van der Waals surface area contributed by atoms with Gasteiger partial charge in [0.2, 0.25) is 5.76 Å². The predicted molar refractivity (Wildman–Crippen MR) is 115 cm³/mol. The van der Waals surface area contributed by atoms with Crippen LogP contribution in [0.5, 0.6) is 5.75 Å². The van der Waals surface area contributed by atoms with Crippen LogP contribution in [0.25, 0.3) is 0 Å². The minimum absolute atomic E-state index is 0.166. The van der Waals surface area contributed by atoms with Crippen molar-refractivity contribution in [1.82, 2.24) is 10.4 Å². The number of fused-ring (bicyclic) bond motifs is 1. The number of amides is 1. The molecule has 1 aliphatic carbocycles. The summed E-state index contributed by atoms with van der Waals surface area (Å²) in [5.41, 5.74) is 7.21. The van der Waals surface area contributed by atoms with E-state index in [1.807, 2.05) is 39.0 Å². The van der Waals surface area contributed by atoms with Crippen molar-refractivity contribution in [2.45, 2.75) is 40.0 Å². The number of aryl methyl sites for hydroxylation is 3. The molecule has 0 radical (unpaired) electrons. The summed E-state index contributed by atoms with van der Waals surface area (Å²) in [6.45, 7) is 5.71. The minimum atomic E-state index is -0.544. The second-order valence-corrected chi connectivity index (χ2v) is 7.66. The van der Waals surface area contributed by atoms with E-state index in [0.717, 1.165) is 23.1 Å². The third-order valence-electron chi connectivity index (χ3n) is 5.15.